The van der Waals surface area contributed by atoms with E-state index in [0.717, 1.165) is 16.8 Å². The summed E-state index contributed by atoms with van der Waals surface area (Å²) in [5.74, 6) is -0.245. The van der Waals surface area contributed by atoms with Gasteiger partial charge < -0.3 is 4.90 Å². The van der Waals surface area contributed by atoms with Crippen molar-refractivity contribution in [1.29, 1.82) is 0 Å². The average Bonchev–Trinajstić information content (AvgIpc) is 3.26. The number of anilines is 1. The first-order chi connectivity index (χ1) is 13.3. The molecular weight excluding hydrogens is 356 g/mol. The molecule has 0 bridgehead atoms. The molecule has 2 heterocycles. The fourth-order valence-corrected chi connectivity index (χ4v) is 3.57. The zero-order valence-corrected chi connectivity index (χ0v) is 16.0. The van der Waals surface area contributed by atoms with Crippen LogP contribution < -0.4 is 4.90 Å². The van der Waals surface area contributed by atoms with Crippen LogP contribution in [0.15, 0.2) is 42.5 Å². The Balaban J connectivity index is 1.68. The van der Waals surface area contributed by atoms with Crippen LogP contribution in [-0.4, -0.2) is 27.2 Å². The molecule has 0 saturated heterocycles. The van der Waals surface area contributed by atoms with Gasteiger partial charge in [-0.25, -0.2) is 0 Å². The molecule has 3 aromatic rings. The number of aryl methyl sites for hydroxylation is 3. The van der Waals surface area contributed by atoms with E-state index in [9.17, 15) is 14.9 Å². The Morgan fingerprint density at radius 2 is 1.89 bits per heavy atom. The molecule has 7 heteroatoms. The quantitative estimate of drug-likeness (QED) is 0.514. The molecule has 1 aliphatic heterocycles. The van der Waals surface area contributed by atoms with Crippen LogP contribution in [0.2, 0.25) is 0 Å². The number of amides is 1. The Morgan fingerprint density at radius 1 is 1.11 bits per heavy atom. The number of hydrogen-bond acceptors (Lipinski definition) is 4. The summed E-state index contributed by atoms with van der Waals surface area (Å²) in [5.41, 5.74) is 6.07. The Bertz CT molecular complexity index is 1120. The maximum absolute atomic E-state index is 13.1. The molecule has 0 unspecified atom stereocenters. The van der Waals surface area contributed by atoms with Gasteiger partial charge in [-0.15, -0.1) is 0 Å². The second-order valence-electron chi connectivity index (χ2n) is 7.11. The standard InChI is InChI=1S/C21H20N4O3/c1-13-4-5-16(10-14(13)2)19-12-18(22-23(19)3)21(26)24-9-8-15-6-7-17(25(27)28)11-20(15)24/h4-7,10-12H,8-9H2,1-3H3. The number of nitro groups is 1. The zero-order valence-electron chi connectivity index (χ0n) is 16.0. The second-order valence-corrected chi connectivity index (χ2v) is 7.11. The van der Waals surface area contributed by atoms with Crippen LogP contribution in [0.1, 0.15) is 27.2 Å². The molecule has 142 valence electrons. The molecule has 1 aliphatic rings. The third-order valence-electron chi connectivity index (χ3n) is 5.32. The summed E-state index contributed by atoms with van der Waals surface area (Å²) in [7, 11) is 1.81. The minimum atomic E-state index is -0.445. The predicted octanol–water partition coefficient (Wildman–Crippen LogP) is 3.82. The van der Waals surface area contributed by atoms with E-state index in [2.05, 4.69) is 31.1 Å². The monoisotopic (exact) mass is 376 g/mol. The van der Waals surface area contributed by atoms with Crippen LogP contribution in [0.4, 0.5) is 11.4 Å². The van der Waals surface area contributed by atoms with Crippen molar-refractivity contribution in [3.8, 4) is 11.3 Å². The van der Waals surface area contributed by atoms with Gasteiger partial charge >= 0.3 is 0 Å². The highest BCUT2D eigenvalue weighted by Gasteiger charge is 2.29. The molecule has 0 fully saturated rings. The Kier molecular flexibility index (Phi) is 4.22. The van der Waals surface area contributed by atoms with Crippen molar-refractivity contribution < 1.29 is 9.72 Å². The van der Waals surface area contributed by atoms with Gasteiger partial charge in [0.25, 0.3) is 11.6 Å². The van der Waals surface area contributed by atoms with Crippen molar-refractivity contribution in [3.05, 3.63) is 75.0 Å². The van der Waals surface area contributed by atoms with Crippen LogP contribution in [0.5, 0.6) is 0 Å². The van der Waals surface area contributed by atoms with Gasteiger partial charge in [0.2, 0.25) is 0 Å². The summed E-state index contributed by atoms with van der Waals surface area (Å²) in [6.07, 6.45) is 0.677. The highest BCUT2D eigenvalue weighted by atomic mass is 16.6. The van der Waals surface area contributed by atoms with Gasteiger partial charge in [-0.1, -0.05) is 18.2 Å². The number of non-ortho nitro benzene ring substituents is 1. The minimum absolute atomic E-state index is 0.0182. The topological polar surface area (TPSA) is 81.3 Å². The van der Waals surface area contributed by atoms with E-state index < -0.39 is 4.92 Å². The normalized spacial score (nSPS) is 12.9. The van der Waals surface area contributed by atoms with Crippen LogP contribution in [0.3, 0.4) is 0 Å². The molecule has 0 radical (unpaired) electrons. The van der Waals surface area contributed by atoms with E-state index in [0.29, 0.717) is 24.3 Å². The molecule has 2 aromatic carbocycles. The zero-order chi connectivity index (χ0) is 20.0. The predicted molar refractivity (Wildman–Crippen MR) is 107 cm³/mol. The van der Waals surface area contributed by atoms with Gasteiger partial charge in [0, 0.05) is 31.3 Å². The van der Waals surface area contributed by atoms with Crippen molar-refractivity contribution in [3.63, 3.8) is 0 Å². The first-order valence-corrected chi connectivity index (χ1v) is 9.06. The molecular formula is C21H20N4O3. The number of rotatable bonds is 3. The number of benzene rings is 2. The molecule has 0 saturated carbocycles. The summed E-state index contributed by atoms with van der Waals surface area (Å²) < 4.78 is 1.70. The molecule has 1 aromatic heterocycles. The van der Waals surface area contributed by atoms with E-state index in [4.69, 9.17) is 0 Å². The molecule has 0 spiro atoms. The third-order valence-corrected chi connectivity index (χ3v) is 5.32. The fraction of sp³-hybridized carbons (Fsp3) is 0.238. The van der Waals surface area contributed by atoms with Gasteiger partial charge in [0.15, 0.2) is 5.69 Å². The van der Waals surface area contributed by atoms with E-state index in [1.807, 2.05) is 13.1 Å². The van der Waals surface area contributed by atoms with Gasteiger partial charge in [-0.2, -0.15) is 5.10 Å². The highest BCUT2D eigenvalue weighted by molar-refractivity contribution is 6.06. The fourth-order valence-electron chi connectivity index (χ4n) is 3.57. The number of fused-ring (bicyclic) bond motifs is 1. The molecule has 4 rings (SSSR count). The number of nitrogens with zero attached hydrogens (tertiary/aromatic N) is 4. The molecule has 1 amide bonds. The van der Waals surface area contributed by atoms with Crippen molar-refractivity contribution in [2.75, 3.05) is 11.4 Å². The highest BCUT2D eigenvalue weighted by Crippen LogP contribution is 2.33. The lowest BCUT2D eigenvalue weighted by Gasteiger charge is -2.15. The maximum Gasteiger partial charge on any atom is 0.278 e. The van der Waals surface area contributed by atoms with E-state index in [1.165, 1.54) is 23.3 Å². The van der Waals surface area contributed by atoms with Crippen LogP contribution in [0, 0.1) is 24.0 Å². The molecule has 28 heavy (non-hydrogen) atoms. The van der Waals surface area contributed by atoms with Gasteiger partial charge in [-0.3, -0.25) is 19.6 Å². The first-order valence-electron chi connectivity index (χ1n) is 9.06. The van der Waals surface area contributed by atoms with Crippen LogP contribution in [-0.2, 0) is 13.5 Å². The van der Waals surface area contributed by atoms with E-state index in [1.54, 1.807) is 21.7 Å². The number of nitro benzene ring substituents is 1. The summed E-state index contributed by atoms with van der Waals surface area (Å²) in [6.45, 7) is 4.60. The summed E-state index contributed by atoms with van der Waals surface area (Å²) in [5, 5.41) is 15.5. The summed E-state index contributed by atoms with van der Waals surface area (Å²) in [4.78, 5) is 25.3. The summed E-state index contributed by atoms with van der Waals surface area (Å²) >= 11 is 0. The Morgan fingerprint density at radius 3 is 2.61 bits per heavy atom. The van der Waals surface area contributed by atoms with Crippen molar-refractivity contribution in [2.24, 2.45) is 7.05 Å². The Hall–Kier alpha value is -3.48. The van der Waals surface area contributed by atoms with Crippen molar-refractivity contribution in [1.82, 2.24) is 9.78 Å². The number of hydrogen-bond donors (Lipinski definition) is 0. The number of carbonyl (C=O) groups excluding carboxylic acids is 1. The SMILES string of the molecule is Cc1ccc(-c2cc(C(=O)N3CCc4ccc([N+](=O)[O-])cc43)nn2C)cc1C. The van der Waals surface area contributed by atoms with Gasteiger partial charge in [-0.05, 0) is 49.1 Å². The number of aromatic nitrogens is 2. The molecule has 0 aliphatic carbocycles. The number of carbonyl (C=O) groups is 1. The van der Waals surface area contributed by atoms with E-state index in [-0.39, 0.29) is 11.6 Å². The van der Waals surface area contributed by atoms with Crippen molar-refractivity contribution >= 4 is 17.3 Å². The first kappa shape index (κ1) is 17.9. The summed E-state index contributed by atoms with van der Waals surface area (Å²) in [6, 6.07) is 12.6. The largest absolute Gasteiger partial charge is 0.306 e. The minimum Gasteiger partial charge on any atom is -0.306 e. The lowest BCUT2D eigenvalue weighted by Crippen LogP contribution is -2.29. The lowest BCUT2D eigenvalue weighted by atomic mass is 10.0. The lowest BCUT2D eigenvalue weighted by molar-refractivity contribution is -0.384. The van der Waals surface area contributed by atoms with Gasteiger partial charge in [0.05, 0.1) is 16.3 Å². The molecule has 7 nitrogen and oxygen atoms in total. The van der Waals surface area contributed by atoms with E-state index >= 15 is 0 Å². The van der Waals surface area contributed by atoms with Gasteiger partial charge in [0.1, 0.15) is 0 Å². The molecule has 0 N–H and O–H groups in total. The molecule has 0 atom stereocenters. The van der Waals surface area contributed by atoms with Crippen molar-refractivity contribution in [2.45, 2.75) is 20.3 Å². The van der Waals surface area contributed by atoms with Crippen LogP contribution in [0.25, 0.3) is 11.3 Å². The third kappa shape index (κ3) is 2.94. The maximum atomic E-state index is 13.1. The smallest absolute Gasteiger partial charge is 0.278 e. The second kappa shape index (κ2) is 6.60. The average molecular weight is 376 g/mol. The Labute approximate surface area is 162 Å². The van der Waals surface area contributed by atoms with Crippen LogP contribution >= 0.6 is 0 Å².